The van der Waals surface area contributed by atoms with Gasteiger partial charge in [0.2, 0.25) is 0 Å². The quantitative estimate of drug-likeness (QED) is 0.604. The third-order valence-corrected chi connectivity index (χ3v) is 2.82. The zero-order chi connectivity index (χ0) is 8.27. The Kier molecular flexibility index (Phi) is 3.51. The molecule has 0 bridgehead atoms. The van der Waals surface area contributed by atoms with Crippen molar-refractivity contribution in [2.24, 2.45) is 0 Å². The van der Waals surface area contributed by atoms with Gasteiger partial charge in [0, 0.05) is 14.5 Å². The molecule has 0 aliphatic rings. The summed E-state index contributed by atoms with van der Waals surface area (Å²) in [7, 11) is 0. The first kappa shape index (κ1) is 9.19. The molecule has 0 radical (unpaired) electrons. The highest BCUT2D eigenvalue weighted by molar-refractivity contribution is 14.1. The molecule has 0 N–H and O–H groups in total. The van der Waals surface area contributed by atoms with Crippen molar-refractivity contribution in [1.82, 2.24) is 0 Å². The number of hydrogen-bond donors (Lipinski definition) is 0. The Bertz CT molecular complexity index is 273. The Morgan fingerprint density at radius 2 is 2.27 bits per heavy atom. The standard InChI is InChI=1S/C8H6BrIO/c9-7-2-1-6(3-4-11)8(10)5-7/h1-2,4-5H,3H2. The highest BCUT2D eigenvalue weighted by Gasteiger charge is 1.98. The van der Waals surface area contributed by atoms with Crippen LogP contribution in [0, 0.1) is 3.57 Å². The Hall–Kier alpha value is 0.1000. The summed E-state index contributed by atoms with van der Waals surface area (Å²) >= 11 is 5.57. The molecule has 0 spiro atoms. The monoisotopic (exact) mass is 324 g/mol. The van der Waals surface area contributed by atoms with Crippen molar-refractivity contribution in [3.8, 4) is 0 Å². The number of halogens is 2. The van der Waals surface area contributed by atoms with Crippen molar-refractivity contribution in [2.75, 3.05) is 0 Å². The molecule has 1 rings (SSSR count). The molecule has 0 saturated heterocycles. The lowest BCUT2D eigenvalue weighted by molar-refractivity contribution is -0.107. The molecule has 0 aliphatic carbocycles. The first-order valence-corrected chi connectivity index (χ1v) is 4.99. The molecule has 0 unspecified atom stereocenters. The summed E-state index contributed by atoms with van der Waals surface area (Å²) < 4.78 is 2.18. The Balaban J connectivity index is 2.98. The number of hydrogen-bond acceptors (Lipinski definition) is 1. The van der Waals surface area contributed by atoms with Gasteiger partial charge in [0.25, 0.3) is 0 Å². The van der Waals surface area contributed by atoms with E-state index in [2.05, 4.69) is 38.5 Å². The fraction of sp³-hybridized carbons (Fsp3) is 0.125. The second-order valence-corrected chi connectivity index (χ2v) is 4.18. The van der Waals surface area contributed by atoms with E-state index in [-0.39, 0.29) is 0 Å². The van der Waals surface area contributed by atoms with E-state index >= 15 is 0 Å². The van der Waals surface area contributed by atoms with Crippen LogP contribution in [-0.2, 0) is 11.2 Å². The third kappa shape index (κ3) is 2.56. The summed E-state index contributed by atoms with van der Waals surface area (Å²) in [4.78, 5) is 10.2. The van der Waals surface area contributed by atoms with Gasteiger partial charge in [0.1, 0.15) is 6.29 Å². The molecule has 1 aromatic rings. The fourth-order valence-electron chi connectivity index (χ4n) is 0.777. The summed E-state index contributed by atoms with van der Waals surface area (Å²) in [5.74, 6) is 0. The van der Waals surface area contributed by atoms with Crippen molar-refractivity contribution in [2.45, 2.75) is 6.42 Å². The fourth-order valence-corrected chi connectivity index (χ4v) is 2.30. The molecule has 58 valence electrons. The first-order chi connectivity index (χ1) is 5.24. The molecule has 11 heavy (non-hydrogen) atoms. The van der Waals surface area contributed by atoms with Crippen LogP contribution in [0.4, 0.5) is 0 Å². The number of carbonyl (C=O) groups excluding carboxylic acids is 1. The lowest BCUT2D eigenvalue weighted by Gasteiger charge is -1.99. The number of aldehydes is 1. The molecular formula is C8H6BrIO. The minimum absolute atomic E-state index is 0.506. The number of rotatable bonds is 2. The number of carbonyl (C=O) groups is 1. The maximum atomic E-state index is 10.2. The van der Waals surface area contributed by atoms with Crippen molar-refractivity contribution in [3.05, 3.63) is 31.8 Å². The molecule has 1 aromatic carbocycles. The van der Waals surface area contributed by atoms with Gasteiger partial charge in [-0.1, -0.05) is 22.0 Å². The molecule has 0 aliphatic heterocycles. The van der Waals surface area contributed by atoms with Gasteiger partial charge in [-0.3, -0.25) is 0 Å². The molecule has 1 nitrogen and oxygen atoms in total. The Morgan fingerprint density at radius 3 is 2.82 bits per heavy atom. The maximum Gasteiger partial charge on any atom is 0.124 e. The Morgan fingerprint density at radius 1 is 1.55 bits per heavy atom. The molecular weight excluding hydrogens is 319 g/mol. The van der Waals surface area contributed by atoms with E-state index in [4.69, 9.17) is 0 Å². The average molecular weight is 325 g/mol. The van der Waals surface area contributed by atoms with Crippen LogP contribution >= 0.6 is 38.5 Å². The largest absolute Gasteiger partial charge is 0.303 e. The van der Waals surface area contributed by atoms with Crippen LogP contribution in [0.2, 0.25) is 0 Å². The molecule has 0 heterocycles. The van der Waals surface area contributed by atoms with E-state index in [1.165, 1.54) is 0 Å². The van der Waals surface area contributed by atoms with Crippen molar-refractivity contribution in [1.29, 1.82) is 0 Å². The van der Waals surface area contributed by atoms with E-state index in [1.807, 2.05) is 18.2 Å². The molecule has 3 heteroatoms. The van der Waals surface area contributed by atoms with Gasteiger partial charge in [0.05, 0.1) is 0 Å². The van der Waals surface area contributed by atoms with Crippen LogP contribution in [0.1, 0.15) is 5.56 Å². The van der Waals surface area contributed by atoms with E-state index < -0.39 is 0 Å². The first-order valence-electron chi connectivity index (χ1n) is 3.11. The summed E-state index contributed by atoms with van der Waals surface area (Å²) in [5.41, 5.74) is 1.09. The van der Waals surface area contributed by atoms with Crippen LogP contribution in [0.15, 0.2) is 22.7 Å². The van der Waals surface area contributed by atoms with Gasteiger partial charge in [-0.2, -0.15) is 0 Å². The Labute approximate surface area is 87.5 Å². The van der Waals surface area contributed by atoms with Crippen molar-refractivity contribution < 1.29 is 4.79 Å². The average Bonchev–Trinajstić information content (AvgIpc) is 1.95. The highest BCUT2D eigenvalue weighted by atomic mass is 127. The predicted molar refractivity (Wildman–Crippen MR) is 56.6 cm³/mol. The van der Waals surface area contributed by atoms with Crippen molar-refractivity contribution >= 4 is 44.8 Å². The lowest BCUT2D eigenvalue weighted by Crippen LogP contribution is -1.89. The summed E-state index contributed by atoms with van der Waals surface area (Å²) in [6, 6.07) is 5.90. The maximum absolute atomic E-state index is 10.2. The normalized spacial score (nSPS) is 9.64. The van der Waals surface area contributed by atoms with Gasteiger partial charge in [-0.05, 0) is 40.3 Å². The van der Waals surface area contributed by atoms with Crippen LogP contribution in [0.25, 0.3) is 0 Å². The van der Waals surface area contributed by atoms with Crippen LogP contribution in [-0.4, -0.2) is 6.29 Å². The molecule has 0 fully saturated rings. The van der Waals surface area contributed by atoms with Crippen LogP contribution in [0.5, 0.6) is 0 Å². The van der Waals surface area contributed by atoms with Gasteiger partial charge in [-0.15, -0.1) is 0 Å². The van der Waals surface area contributed by atoms with E-state index in [9.17, 15) is 4.79 Å². The van der Waals surface area contributed by atoms with Gasteiger partial charge in [-0.25, -0.2) is 0 Å². The third-order valence-electron chi connectivity index (χ3n) is 1.32. The molecule has 0 amide bonds. The minimum Gasteiger partial charge on any atom is -0.303 e. The molecule has 0 saturated carbocycles. The topological polar surface area (TPSA) is 17.1 Å². The summed E-state index contributed by atoms with van der Waals surface area (Å²) in [6.07, 6.45) is 1.43. The summed E-state index contributed by atoms with van der Waals surface area (Å²) in [5, 5.41) is 0. The van der Waals surface area contributed by atoms with Gasteiger partial charge in [0.15, 0.2) is 0 Å². The number of benzene rings is 1. The van der Waals surface area contributed by atoms with E-state index in [1.54, 1.807) is 0 Å². The SMILES string of the molecule is O=CCc1ccc(Br)cc1I. The highest BCUT2D eigenvalue weighted by Crippen LogP contribution is 2.18. The zero-order valence-corrected chi connectivity index (χ0v) is 9.42. The minimum atomic E-state index is 0.506. The van der Waals surface area contributed by atoms with Crippen molar-refractivity contribution in [3.63, 3.8) is 0 Å². The van der Waals surface area contributed by atoms with Gasteiger partial charge < -0.3 is 4.79 Å². The lowest BCUT2D eigenvalue weighted by atomic mass is 10.2. The summed E-state index contributed by atoms with van der Waals surface area (Å²) in [6.45, 7) is 0. The van der Waals surface area contributed by atoms with Crippen LogP contribution in [0.3, 0.4) is 0 Å². The second-order valence-electron chi connectivity index (χ2n) is 2.11. The van der Waals surface area contributed by atoms with Crippen LogP contribution < -0.4 is 0 Å². The second kappa shape index (κ2) is 4.21. The van der Waals surface area contributed by atoms with E-state index in [0.717, 1.165) is 19.9 Å². The van der Waals surface area contributed by atoms with Gasteiger partial charge >= 0.3 is 0 Å². The molecule has 0 aromatic heterocycles. The zero-order valence-electron chi connectivity index (χ0n) is 5.68. The predicted octanol–water partition coefficient (Wildman–Crippen LogP) is 2.80. The molecule has 0 atom stereocenters. The smallest absolute Gasteiger partial charge is 0.124 e. The van der Waals surface area contributed by atoms with E-state index in [0.29, 0.717) is 6.42 Å².